The number of Topliss-reactive ketones (excluding diaryl/α,β-unsaturated/α-hetero) is 1. The fraction of sp³-hybridized carbons (Fsp3) is 0.286. The molecule has 0 bridgehead atoms. The van der Waals surface area contributed by atoms with E-state index in [9.17, 15) is 13.2 Å². The molecule has 0 amide bonds. The SMILES string of the molecule is CC(=O)c1ccc(S(=O)(=O)N2CCN(Cc3sc4ccccc4c3Cl)CC2)cc1. The zero-order valence-corrected chi connectivity index (χ0v) is 18.4. The first-order valence-electron chi connectivity index (χ1n) is 9.35. The molecule has 5 nitrogen and oxygen atoms in total. The molecule has 1 aliphatic heterocycles. The molecule has 1 aliphatic rings. The van der Waals surface area contributed by atoms with Crippen LogP contribution >= 0.6 is 22.9 Å². The summed E-state index contributed by atoms with van der Waals surface area (Å²) < 4.78 is 28.5. The second-order valence-electron chi connectivity index (χ2n) is 7.10. The second-order valence-corrected chi connectivity index (χ2v) is 10.5. The molecule has 152 valence electrons. The summed E-state index contributed by atoms with van der Waals surface area (Å²) in [4.78, 5) is 15.0. The Hall–Kier alpha value is -1.77. The van der Waals surface area contributed by atoms with Gasteiger partial charge >= 0.3 is 0 Å². The van der Waals surface area contributed by atoms with Gasteiger partial charge in [-0.2, -0.15) is 4.31 Å². The molecule has 0 aliphatic carbocycles. The molecule has 8 heteroatoms. The van der Waals surface area contributed by atoms with E-state index in [1.165, 1.54) is 28.1 Å². The molecule has 3 aromatic rings. The van der Waals surface area contributed by atoms with Gasteiger partial charge in [-0.05, 0) is 25.1 Å². The molecule has 0 unspecified atom stereocenters. The van der Waals surface area contributed by atoms with Crippen LogP contribution in [0.15, 0.2) is 53.4 Å². The van der Waals surface area contributed by atoms with E-state index < -0.39 is 10.0 Å². The third-order valence-electron chi connectivity index (χ3n) is 5.20. The van der Waals surface area contributed by atoms with Crippen LogP contribution in [0.3, 0.4) is 0 Å². The zero-order chi connectivity index (χ0) is 20.6. The molecule has 1 aromatic heterocycles. The number of benzene rings is 2. The van der Waals surface area contributed by atoms with Crippen LogP contribution in [0.25, 0.3) is 10.1 Å². The number of fused-ring (bicyclic) bond motifs is 1. The smallest absolute Gasteiger partial charge is 0.243 e. The van der Waals surface area contributed by atoms with Crippen molar-refractivity contribution in [3.63, 3.8) is 0 Å². The lowest BCUT2D eigenvalue weighted by Crippen LogP contribution is -2.48. The van der Waals surface area contributed by atoms with Crippen molar-refractivity contribution in [1.29, 1.82) is 0 Å². The van der Waals surface area contributed by atoms with Crippen LogP contribution in [0.5, 0.6) is 0 Å². The van der Waals surface area contributed by atoms with Crippen molar-refractivity contribution in [3.05, 3.63) is 64.0 Å². The van der Waals surface area contributed by atoms with E-state index in [4.69, 9.17) is 11.6 Å². The summed E-state index contributed by atoms with van der Waals surface area (Å²) in [5.74, 6) is -0.0811. The highest BCUT2D eigenvalue weighted by Crippen LogP contribution is 2.36. The lowest BCUT2D eigenvalue weighted by molar-refractivity contribution is 0.101. The van der Waals surface area contributed by atoms with E-state index in [0.717, 1.165) is 21.8 Å². The van der Waals surface area contributed by atoms with Gasteiger partial charge in [0, 0.05) is 53.3 Å². The molecule has 0 atom stereocenters. The van der Waals surface area contributed by atoms with Crippen LogP contribution in [0.1, 0.15) is 22.2 Å². The maximum absolute atomic E-state index is 12.9. The highest BCUT2D eigenvalue weighted by molar-refractivity contribution is 7.89. The number of rotatable bonds is 5. The van der Waals surface area contributed by atoms with Gasteiger partial charge in [-0.1, -0.05) is 41.9 Å². The second kappa shape index (κ2) is 8.16. The van der Waals surface area contributed by atoms with Gasteiger partial charge in [-0.25, -0.2) is 8.42 Å². The third-order valence-corrected chi connectivity index (χ3v) is 8.81. The zero-order valence-electron chi connectivity index (χ0n) is 16.0. The highest BCUT2D eigenvalue weighted by Gasteiger charge is 2.29. The Balaban J connectivity index is 1.43. The average molecular weight is 449 g/mol. The van der Waals surface area contributed by atoms with Gasteiger partial charge in [0.2, 0.25) is 10.0 Å². The number of carbonyl (C=O) groups excluding carboxylic acids is 1. The predicted molar refractivity (Wildman–Crippen MR) is 117 cm³/mol. The molecule has 0 radical (unpaired) electrons. The van der Waals surface area contributed by atoms with Crippen molar-refractivity contribution < 1.29 is 13.2 Å². The van der Waals surface area contributed by atoms with Crippen LogP contribution in [0.2, 0.25) is 5.02 Å². The quantitative estimate of drug-likeness (QED) is 0.547. The molecule has 1 saturated heterocycles. The largest absolute Gasteiger partial charge is 0.296 e. The van der Waals surface area contributed by atoms with Crippen molar-refractivity contribution in [2.75, 3.05) is 26.2 Å². The van der Waals surface area contributed by atoms with E-state index in [1.807, 2.05) is 18.2 Å². The topological polar surface area (TPSA) is 57.7 Å². The van der Waals surface area contributed by atoms with Gasteiger partial charge < -0.3 is 0 Å². The molecule has 0 spiro atoms. The third kappa shape index (κ3) is 4.11. The maximum atomic E-state index is 12.9. The van der Waals surface area contributed by atoms with Gasteiger partial charge in [0.25, 0.3) is 0 Å². The first-order valence-corrected chi connectivity index (χ1v) is 12.0. The first kappa shape index (κ1) is 20.5. The Labute approximate surface area is 179 Å². The van der Waals surface area contributed by atoms with E-state index >= 15 is 0 Å². The predicted octanol–water partition coefficient (Wildman–Crippen LogP) is 4.26. The Morgan fingerprint density at radius 3 is 2.31 bits per heavy atom. The number of thiophene rings is 1. The fourth-order valence-corrected chi connectivity index (χ4v) is 6.47. The van der Waals surface area contributed by atoms with Gasteiger partial charge in [0.1, 0.15) is 0 Å². The number of hydrogen-bond acceptors (Lipinski definition) is 5. The number of nitrogens with zero attached hydrogens (tertiary/aromatic N) is 2. The van der Waals surface area contributed by atoms with E-state index in [-0.39, 0.29) is 10.7 Å². The molecule has 2 aromatic carbocycles. The Morgan fingerprint density at radius 2 is 1.69 bits per heavy atom. The molecular weight excluding hydrogens is 428 g/mol. The van der Waals surface area contributed by atoms with Crippen molar-refractivity contribution in [3.8, 4) is 0 Å². The number of ketones is 1. The van der Waals surface area contributed by atoms with E-state index in [1.54, 1.807) is 23.5 Å². The molecule has 29 heavy (non-hydrogen) atoms. The molecule has 0 saturated carbocycles. The fourth-order valence-electron chi connectivity index (χ4n) is 3.51. The summed E-state index contributed by atoms with van der Waals surface area (Å²) in [5, 5.41) is 1.87. The minimum Gasteiger partial charge on any atom is -0.296 e. The lowest BCUT2D eigenvalue weighted by atomic mass is 10.2. The van der Waals surface area contributed by atoms with Crippen LogP contribution in [0.4, 0.5) is 0 Å². The average Bonchev–Trinajstić information content (AvgIpc) is 3.04. The monoisotopic (exact) mass is 448 g/mol. The van der Waals surface area contributed by atoms with Crippen molar-refractivity contribution in [2.24, 2.45) is 0 Å². The number of piperazine rings is 1. The van der Waals surface area contributed by atoms with Crippen LogP contribution < -0.4 is 0 Å². The maximum Gasteiger partial charge on any atom is 0.243 e. The summed E-state index contributed by atoms with van der Waals surface area (Å²) in [7, 11) is -3.56. The van der Waals surface area contributed by atoms with Crippen molar-refractivity contribution >= 4 is 48.8 Å². The van der Waals surface area contributed by atoms with Gasteiger partial charge in [0.05, 0.1) is 9.92 Å². The summed E-state index contributed by atoms with van der Waals surface area (Å²) in [6.07, 6.45) is 0. The van der Waals surface area contributed by atoms with Crippen LogP contribution in [0, 0.1) is 0 Å². The standard InChI is InChI=1S/C21H21ClN2O3S2/c1-15(25)16-6-8-17(9-7-16)29(26,27)24-12-10-23(11-13-24)14-20-21(22)18-4-2-3-5-19(18)28-20/h2-9H,10-14H2,1H3. The van der Waals surface area contributed by atoms with Crippen LogP contribution in [-0.2, 0) is 16.6 Å². The number of halogens is 1. The number of sulfonamides is 1. The minimum atomic E-state index is -3.56. The van der Waals surface area contributed by atoms with Crippen LogP contribution in [-0.4, -0.2) is 49.6 Å². The normalized spacial score (nSPS) is 16.3. The molecule has 0 N–H and O–H groups in total. The summed E-state index contributed by atoms with van der Waals surface area (Å²) >= 11 is 8.24. The summed E-state index contributed by atoms with van der Waals surface area (Å²) in [6, 6.07) is 14.2. The highest BCUT2D eigenvalue weighted by atomic mass is 35.5. The van der Waals surface area contributed by atoms with Gasteiger partial charge in [-0.15, -0.1) is 11.3 Å². The summed E-state index contributed by atoms with van der Waals surface area (Å²) in [6.45, 7) is 4.34. The summed E-state index contributed by atoms with van der Waals surface area (Å²) in [5.41, 5.74) is 0.508. The first-order chi connectivity index (χ1) is 13.9. The molecule has 4 rings (SSSR count). The van der Waals surface area contributed by atoms with E-state index in [0.29, 0.717) is 31.7 Å². The molecular formula is C21H21ClN2O3S2. The van der Waals surface area contributed by atoms with Crippen molar-refractivity contribution in [2.45, 2.75) is 18.4 Å². The van der Waals surface area contributed by atoms with Gasteiger partial charge in [-0.3, -0.25) is 9.69 Å². The lowest BCUT2D eigenvalue weighted by Gasteiger charge is -2.33. The number of carbonyl (C=O) groups is 1. The Kier molecular flexibility index (Phi) is 5.77. The Bertz CT molecular complexity index is 1150. The van der Waals surface area contributed by atoms with Crippen molar-refractivity contribution in [1.82, 2.24) is 9.21 Å². The molecule has 2 heterocycles. The number of hydrogen-bond donors (Lipinski definition) is 0. The molecule has 1 fully saturated rings. The van der Waals surface area contributed by atoms with Gasteiger partial charge in [0.15, 0.2) is 5.78 Å². The minimum absolute atomic E-state index is 0.0811. The Morgan fingerprint density at radius 1 is 1.03 bits per heavy atom. The van der Waals surface area contributed by atoms with E-state index in [2.05, 4.69) is 11.0 Å².